The quantitative estimate of drug-likeness (QED) is 0.789. The fourth-order valence-corrected chi connectivity index (χ4v) is 3.58. The second-order valence-electron chi connectivity index (χ2n) is 4.90. The molecule has 2 aromatic rings. The van der Waals surface area contributed by atoms with E-state index in [2.05, 4.69) is 0 Å². The van der Waals surface area contributed by atoms with Crippen LogP contribution < -0.4 is 0 Å². The summed E-state index contributed by atoms with van der Waals surface area (Å²) in [7, 11) is -3.45. The summed E-state index contributed by atoms with van der Waals surface area (Å²) in [6.45, 7) is 3.46. The van der Waals surface area contributed by atoms with Gasteiger partial charge in [0.25, 0.3) is 0 Å². The minimum atomic E-state index is -3.45. The zero-order valence-corrected chi connectivity index (χ0v) is 12.9. The van der Waals surface area contributed by atoms with Crippen LogP contribution in [0.1, 0.15) is 41.4 Å². The molecule has 0 saturated carbocycles. The topological polar surface area (TPSA) is 51.2 Å². The SMILES string of the molecule is CCC(=O)c1ccc(S(=O)(=O)C(C)c2ccccc2)cc1. The van der Waals surface area contributed by atoms with Crippen molar-refractivity contribution < 1.29 is 13.2 Å². The van der Waals surface area contributed by atoms with E-state index >= 15 is 0 Å². The summed E-state index contributed by atoms with van der Waals surface area (Å²) in [4.78, 5) is 11.8. The summed E-state index contributed by atoms with van der Waals surface area (Å²) in [5.74, 6) is 0.00931. The average molecular weight is 302 g/mol. The predicted octanol–water partition coefficient (Wildman–Crippen LogP) is 3.81. The Hall–Kier alpha value is -1.94. The monoisotopic (exact) mass is 302 g/mol. The zero-order valence-electron chi connectivity index (χ0n) is 12.1. The van der Waals surface area contributed by atoms with E-state index in [1.807, 2.05) is 18.2 Å². The molecule has 0 bridgehead atoms. The van der Waals surface area contributed by atoms with E-state index in [1.165, 1.54) is 12.1 Å². The standard InChI is InChI=1S/C17H18O3S/c1-3-17(18)15-9-11-16(12-10-15)21(19,20)13(2)14-7-5-4-6-8-14/h4-13H,3H2,1-2H3. The van der Waals surface area contributed by atoms with Crippen molar-refractivity contribution in [3.05, 3.63) is 65.7 Å². The van der Waals surface area contributed by atoms with Crippen molar-refractivity contribution in [3.8, 4) is 0 Å². The van der Waals surface area contributed by atoms with E-state index < -0.39 is 15.1 Å². The van der Waals surface area contributed by atoms with Crippen molar-refractivity contribution in [2.75, 3.05) is 0 Å². The van der Waals surface area contributed by atoms with E-state index in [4.69, 9.17) is 0 Å². The number of sulfone groups is 1. The van der Waals surface area contributed by atoms with Crippen LogP contribution >= 0.6 is 0 Å². The summed E-state index contributed by atoms with van der Waals surface area (Å²) >= 11 is 0. The average Bonchev–Trinajstić information content (AvgIpc) is 2.54. The second-order valence-corrected chi connectivity index (χ2v) is 7.17. The van der Waals surface area contributed by atoms with Crippen LogP contribution in [0.15, 0.2) is 59.5 Å². The fraction of sp³-hybridized carbons (Fsp3) is 0.235. The Labute approximate surface area is 125 Å². The molecule has 21 heavy (non-hydrogen) atoms. The van der Waals surface area contributed by atoms with Gasteiger partial charge in [-0.25, -0.2) is 8.42 Å². The van der Waals surface area contributed by atoms with Gasteiger partial charge in [-0.1, -0.05) is 49.4 Å². The van der Waals surface area contributed by atoms with Gasteiger partial charge in [0, 0.05) is 12.0 Å². The Bertz CT molecular complexity index is 716. The Kier molecular flexibility index (Phi) is 4.58. The third-order valence-electron chi connectivity index (χ3n) is 3.56. The van der Waals surface area contributed by atoms with Crippen molar-refractivity contribution in [2.45, 2.75) is 30.4 Å². The van der Waals surface area contributed by atoms with Crippen LogP contribution in [-0.2, 0) is 9.84 Å². The maximum absolute atomic E-state index is 12.6. The molecule has 2 rings (SSSR count). The highest BCUT2D eigenvalue weighted by atomic mass is 32.2. The number of benzene rings is 2. The third-order valence-corrected chi connectivity index (χ3v) is 5.69. The van der Waals surface area contributed by atoms with Crippen LogP contribution in [0.3, 0.4) is 0 Å². The van der Waals surface area contributed by atoms with Gasteiger partial charge in [-0.3, -0.25) is 4.79 Å². The van der Waals surface area contributed by atoms with Gasteiger partial charge < -0.3 is 0 Å². The first-order chi connectivity index (χ1) is 9.96. The minimum absolute atomic E-state index is 0.00931. The third kappa shape index (κ3) is 3.22. The van der Waals surface area contributed by atoms with Gasteiger partial charge in [0.15, 0.2) is 15.6 Å². The first kappa shape index (κ1) is 15.4. The first-order valence-corrected chi connectivity index (χ1v) is 8.43. The Morgan fingerprint density at radius 2 is 1.57 bits per heavy atom. The van der Waals surface area contributed by atoms with Crippen molar-refractivity contribution in [1.82, 2.24) is 0 Å². The molecule has 4 heteroatoms. The van der Waals surface area contributed by atoms with Crippen LogP contribution in [0.5, 0.6) is 0 Å². The summed E-state index contributed by atoms with van der Waals surface area (Å²) in [5.41, 5.74) is 1.30. The fourth-order valence-electron chi connectivity index (χ4n) is 2.14. The Morgan fingerprint density at radius 1 is 1.00 bits per heavy atom. The molecule has 1 atom stereocenters. The Balaban J connectivity index is 2.34. The van der Waals surface area contributed by atoms with Crippen molar-refractivity contribution >= 4 is 15.6 Å². The highest BCUT2D eigenvalue weighted by molar-refractivity contribution is 7.91. The molecular formula is C17H18O3S. The molecule has 0 amide bonds. The molecule has 0 saturated heterocycles. The van der Waals surface area contributed by atoms with Gasteiger partial charge in [-0.05, 0) is 24.6 Å². The molecule has 0 aromatic heterocycles. The smallest absolute Gasteiger partial charge is 0.185 e. The van der Waals surface area contributed by atoms with E-state index in [0.29, 0.717) is 12.0 Å². The van der Waals surface area contributed by atoms with Crippen LogP contribution in [-0.4, -0.2) is 14.2 Å². The lowest BCUT2D eigenvalue weighted by Crippen LogP contribution is -2.11. The van der Waals surface area contributed by atoms with E-state index in [1.54, 1.807) is 38.1 Å². The number of hydrogen-bond donors (Lipinski definition) is 0. The lowest BCUT2D eigenvalue weighted by Gasteiger charge is -2.13. The number of carbonyl (C=O) groups excluding carboxylic acids is 1. The number of hydrogen-bond acceptors (Lipinski definition) is 3. The molecule has 1 unspecified atom stereocenters. The van der Waals surface area contributed by atoms with Crippen LogP contribution in [0.25, 0.3) is 0 Å². The molecule has 0 aliphatic carbocycles. The zero-order chi connectivity index (χ0) is 15.5. The number of Topliss-reactive ketones (excluding diaryl/α,β-unsaturated/α-hetero) is 1. The predicted molar refractivity (Wildman–Crippen MR) is 83.1 cm³/mol. The van der Waals surface area contributed by atoms with E-state index in [-0.39, 0.29) is 10.7 Å². The normalized spacial score (nSPS) is 12.9. The molecule has 0 spiro atoms. The lowest BCUT2D eigenvalue weighted by molar-refractivity contribution is 0.0988. The van der Waals surface area contributed by atoms with Crippen molar-refractivity contribution in [2.24, 2.45) is 0 Å². The van der Waals surface area contributed by atoms with Crippen molar-refractivity contribution in [1.29, 1.82) is 0 Å². The van der Waals surface area contributed by atoms with E-state index in [9.17, 15) is 13.2 Å². The molecular weight excluding hydrogens is 284 g/mol. The van der Waals surface area contributed by atoms with Gasteiger partial charge in [-0.15, -0.1) is 0 Å². The molecule has 0 N–H and O–H groups in total. The van der Waals surface area contributed by atoms with Gasteiger partial charge in [-0.2, -0.15) is 0 Å². The van der Waals surface area contributed by atoms with Crippen LogP contribution in [0, 0.1) is 0 Å². The molecule has 0 aliphatic heterocycles. The number of carbonyl (C=O) groups is 1. The van der Waals surface area contributed by atoms with Crippen LogP contribution in [0.4, 0.5) is 0 Å². The molecule has 3 nitrogen and oxygen atoms in total. The van der Waals surface area contributed by atoms with Gasteiger partial charge in [0.1, 0.15) is 0 Å². The lowest BCUT2D eigenvalue weighted by atomic mass is 10.1. The van der Waals surface area contributed by atoms with Gasteiger partial charge in [0.2, 0.25) is 0 Å². The van der Waals surface area contributed by atoms with Gasteiger partial charge in [0.05, 0.1) is 10.1 Å². The van der Waals surface area contributed by atoms with Crippen LogP contribution in [0.2, 0.25) is 0 Å². The van der Waals surface area contributed by atoms with Gasteiger partial charge >= 0.3 is 0 Å². The summed E-state index contributed by atoms with van der Waals surface area (Å²) in [6.07, 6.45) is 0.409. The van der Waals surface area contributed by atoms with E-state index in [0.717, 1.165) is 5.56 Å². The first-order valence-electron chi connectivity index (χ1n) is 6.89. The molecule has 0 fully saturated rings. The maximum atomic E-state index is 12.6. The highest BCUT2D eigenvalue weighted by Gasteiger charge is 2.24. The second kappa shape index (κ2) is 6.22. The summed E-state index contributed by atoms with van der Waals surface area (Å²) in [6, 6.07) is 15.3. The summed E-state index contributed by atoms with van der Waals surface area (Å²) in [5, 5.41) is -0.619. The Morgan fingerprint density at radius 3 is 2.10 bits per heavy atom. The summed E-state index contributed by atoms with van der Waals surface area (Å²) < 4.78 is 25.2. The molecule has 0 aliphatic rings. The highest BCUT2D eigenvalue weighted by Crippen LogP contribution is 2.28. The number of rotatable bonds is 5. The minimum Gasteiger partial charge on any atom is -0.294 e. The number of ketones is 1. The maximum Gasteiger partial charge on any atom is 0.185 e. The molecule has 110 valence electrons. The molecule has 0 radical (unpaired) electrons. The largest absolute Gasteiger partial charge is 0.294 e. The van der Waals surface area contributed by atoms with Crippen molar-refractivity contribution in [3.63, 3.8) is 0 Å². The molecule has 2 aromatic carbocycles. The molecule has 0 heterocycles.